The number of nitrogens with two attached hydrogens (primary N) is 2. The number of ether oxygens (including phenoxy) is 2. The minimum absolute atomic E-state index is 0.00431. The second kappa shape index (κ2) is 36.8. The quantitative estimate of drug-likeness (QED) is 0.0465. The largest absolute Gasteiger partial charge is 0.423 e. The summed E-state index contributed by atoms with van der Waals surface area (Å²) in [5.74, 6) is -2.82. The van der Waals surface area contributed by atoms with Crippen molar-refractivity contribution in [3.8, 4) is 11.5 Å². The number of nitrogen functional groups attached to an aromatic ring is 2. The summed E-state index contributed by atoms with van der Waals surface area (Å²) in [4.78, 5) is 118. The van der Waals surface area contributed by atoms with E-state index in [-0.39, 0.29) is 95.6 Å². The molecule has 21 heteroatoms. The van der Waals surface area contributed by atoms with E-state index in [1.165, 1.54) is 64.7 Å². The topological polar surface area (TPSA) is 219 Å². The molecule has 0 saturated carbocycles. The van der Waals surface area contributed by atoms with Crippen molar-refractivity contribution >= 4 is 161 Å². The number of esters is 2. The van der Waals surface area contributed by atoms with E-state index < -0.39 is 35.2 Å². The maximum atomic E-state index is 15.3. The SMILES string of the molecule is CC(C)(C)c1ccc(Sc2ccc(Sc3ccc4ccccc4c3)c3c2C(=O)c2c(Sc4ccccc4)ccc(Sc4cccc(C(F)(F)F)c4)c2C3=O)cc1.Cc1ccc(OC(=O)c2cc(Nc3ccc4ccccc4c3)c3c(c2N)C(=O)c2ccccc2C3=O)cc1.Cc1ccc(OC(=O)c2cc(Sc3ccc4ccccc4c3)c3c(c2N)C(=O)c2ccccc2C3=O)cc1. The molecule has 0 unspecified atom stereocenters. The van der Waals surface area contributed by atoms with E-state index in [4.69, 9.17) is 20.9 Å². The molecule has 17 aromatic carbocycles. The Bertz CT molecular complexity index is 7380. The molecule has 20 rings (SSSR count). The Morgan fingerprint density at radius 3 is 1.08 bits per heavy atom. The van der Waals surface area contributed by atoms with Crippen LogP contribution in [-0.2, 0) is 11.6 Å². The number of ketones is 6. The van der Waals surface area contributed by atoms with Gasteiger partial charge in [0.2, 0.25) is 0 Å². The van der Waals surface area contributed by atoms with Gasteiger partial charge in [0.25, 0.3) is 0 Å². The number of nitrogens with one attached hydrogen (secondary N) is 1. The van der Waals surface area contributed by atoms with Crippen LogP contribution in [0.15, 0.2) is 389 Å². The second-order valence-electron chi connectivity index (χ2n) is 32.6. The van der Waals surface area contributed by atoms with Crippen LogP contribution < -0.4 is 26.3 Å². The Morgan fingerprint density at radius 2 is 0.636 bits per heavy atom. The molecule has 0 aromatic heterocycles. The molecule has 0 saturated heterocycles. The highest BCUT2D eigenvalue weighted by atomic mass is 32.2. The summed E-state index contributed by atoms with van der Waals surface area (Å²) in [5, 5.41) is 9.57. The van der Waals surface area contributed by atoms with Crippen LogP contribution in [0.25, 0.3) is 32.3 Å². The Hall–Kier alpha value is -14.6. The number of hydrogen-bond donors (Lipinski definition) is 3. The normalized spacial score (nSPS) is 12.5. The summed E-state index contributed by atoms with van der Waals surface area (Å²) in [6.45, 7) is 10.3. The minimum atomic E-state index is -4.53. The van der Waals surface area contributed by atoms with E-state index in [1.807, 2.05) is 214 Å². The van der Waals surface area contributed by atoms with Crippen LogP contribution in [0.4, 0.5) is 35.9 Å². The van der Waals surface area contributed by atoms with Gasteiger partial charge in [-0.3, -0.25) is 28.8 Å². The molecule has 0 amide bonds. The van der Waals surface area contributed by atoms with Crippen molar-refractivity contribution in [2.24, 2.45) is 0 Å². The smallest absolute Gasteiger partial charge is 0.416 e. The van der Waals surface area contributed by atoms with Crippen LogP contribution >= 0.6 is 58.8 Å². The van der Waals surface area contributed by atoms with Crippen LogP contribution in [0.5, 0.6) is 11.5 Å². The van der Waals surface area contributed by atoms with E-state index in [9.17, 15) is 41.9 Å². The molecule has 0 bridgehead atoms. The average Bonchev–Trinajstić information content (AvgIpc) is 0.729. The van der Waals surface area contributed by atoms with Crippen molar-refractivity contribution in [3.63, 3.8) is 0 Å². The van der Waals surface area contributed by atoms with E-state index in [2.05, 4.69) is 44.3 Å². The molecule has 13 nitrogen and oxygen atoms in total. The predicted molar refractivity (Wildman–Crippen MR) is 519 cm³/mol. The number of anilines is 4. The summed E-state index contributed by atoms with van der Waals surface area (Å²) in [6.07, 6.45) is -4.53. The molecule has 17 aromatic rings. The third-order valence-electron chi connectivity index (χ3n) is 22.7. The van der Waals surface area contributed by atoms with Gasteiger partial charge in [0, 0.05) is 105 Å². The predicted octanol–water partition coefficient (Wildman–Crippen LogP) is 27.9. The molecule has 0 atom stereocenters. The highest BCUT2D eigenvalue weighted by Crippen LogP contribution is 2.51. The third-order valence-corrected chi connectivity index (χ3v) is 28.0. The summed E-state index contributed by atoms with van der Waals surface area (Å²) in [6, 6.07) is 102. The van der Waals surface area contributed by atoms with Gasteiger partial charge in [-0.2, -0.15) is 13.2 Å². The first-order chi connectivity index (χ1) is 63.6. The molecule has 0 radical (unpaired) electrons. The number of alkyl halides is 3. The molecule has 3 aliphatic carbocycles. The second-order valence-corrected chi connectivity index (χ2v) is 38.2. The number of benzene rings is 17. The molecular formula is C111H76F3N3O10S5. The zero-order valence-electron chi connectivity index (χ0n) is 71.2. The first-order valence-electron chi connectivity index (χ1n) is 41.9. The number of carbonyl (C=O) groups excluding carboxylic acids is 8. The fourth-order valence-electron chi connectivity index (χ4n) is 16.0. The van der Waals surface area contributed by atoms with Crippen LogP contribution in [0.1, 0.15) is 159 Å². The van der Waals surface area contributed by atoms with Gasteiger partial charge in [0.05, 0.1) is 50.4 Å². The first kappa shape index (κ1) is 88.1. The standard InChI is InChI=1S/C47H33F3O2S4.C32H22N2O4.C32H21NO4S/c1-46(2,3)30-17-20-33(21-18-30)54-37-23-25-39(56-35-19-16-28-10-7-8-11-29(28)26-35)43-41(37)44(51)40-36(53-32-13-5-4-6-14-32)22-24-38(42(40)45(43)52)55-34-15-9-12-31(27-34)47(48,49)50;1-18-10-14-22(15-11-18)38-32(37)25-17-26(34-21-13-12-19-6-2-3-7-20(19)16-21)27-28(29(25)33)31(36)24-9-5-4-8-23(24)30(27)35;1-18-10-13-21(14-11-18)37-32(36)25-17-26(38-22-15-12-19-6-2-3-7-20(19)16-22)27-28(29(25)33)31(35)24-9-5-4-8-23(24)30(27)34/h4-27H,1-3H3;2-17,34H,33H2,1H3;2-17H,33H2,1H3. The summed E-state index contributed by atoms with van der Waals surface area (Å²) < 4.78 is 52.5. The summed E-state index contributed by atoms with van der Waals surface area (Å²) in [5.41, 5.74) is 18.7. The molecule has 5 N–H and O–H groups in total. The summed E-state index contributed by atoms with van der Waals surface area (Å²) >= 11 is 6.60. The Balaban J connectivity index is 0.000000137. The van der Waals surface area contributed by atoms with Gasteiger partial charge in [-0.15, -0.1) is 0 Å². The zero-order chi connectivity index (χ0) is 92.0. The summed E-state index contributed by atoms with van der Waals surface area (Å²) in [7, 11) is 0. The fraction of sp³-hybridized carbons (Fsp3) is 0.0631. The van der Waals surface area contributed by atoms with E-state index in [0.717, 1.165) is 86.9 Å². The van der Waals surface area contributed by atoms with Crippen molar-refractivity contribution in [2.45, 2.75) is 95.2 Å². The monoisotopic (exact) mass is 1830 g/mol. The zero-order valence-corrected chi connectivity index (χ0v) is 75.3. The molecule has 0 heterocycles. The van der Waals surface area contributed by atoms with E-state index in [1.54, 1.807) is 97.1 Å². The van der Waals surface area contributed by atoms with Crippen LogP contribution in [0.3, 0.4) is 0 Å². The lowest BCUT2D eigenvalue weighted by molar-refractivity contribution is -0.137. The molecule has 646 valence electrons. The van der Waals surface area contributed by atoms with Gasteiger partial charge in [-0.05, 0) is 197 Å². The number of rotatable bonds is 16. The van der Waals surface area contributed by atoms with Crippen molar-refractivity contribution in [2.75, 3.05) is 16.8 Å². The molecule has 0 spiro atoms. The molecule has 3 aliphatic rings. The number of hydrogen-bond acceptors (Lipinski definition) is 18. The lowest BCUT2D eigenvalue weighted by Gasteiger charge is -2.26. The number of fused-ring (bicyclic) bond motifs is 9. The maximum absolute atomic E-state index is 15.3. The lowest BCUT2D eigenvalue weighted by Crippen LogP contribution is -2.25. The number of aryl methyl sites for hydroxylation is 2. The molecule has 132 heavy (non-hydrogen) atoms. The van der Waals surface area contributed by atoms with Crippen molar-refractivity contribution in [3.05, 3.63) is 440 Å². The highest BCUT2D eigenvalue weighted by molar-refractivity contribution is 8.00. The van der Waals surface area contributed by atoms with Crippen LogP contribution in [0.2, 0.25) is 0 Å². The van der Waals surface area contributed by atoms with Crippen molar-refractivity contribution < 1.29 is 61.0 Å². The van der Waals surface area contributed by atoms with Crippen LogP contribution in [0, 0.1) is 13.8 Å². The molecular weight excluding hydrogens is 1750 g/mol. The average molecular weight is 1830 g/mol. The van der Waals surface area contributed by atoms with Gasteiger partial charge in [0.15, 0.2) is 34.7 Å². The third kappa shape index (κ3) is 18.0. The first-order valence-corrected chi connectivity index (χ1v) is 46.0. The van der Waals surface area contributed by atoms with Gasteiger partial charge >= 0.3 is 18.1 Å². The van der Waals surface area contributed by atoms with E-state index in [0.29, 0.717) is 74.5 Å². The van der Waals surface area contributed by atoms with Crippen molar-refractivity contribution in [1.82, 2.24) is 0 Å². The minimum Gasteiger partial charge on any atom is -0.423 e. The van der Waals surface area contributed by atoms with Gasteiger partial charge in [-0.25, -0.2) is 9.59 Å². The van der Waals surface area contributed by atoms with Gasteiger partial charge < -0.3 is 26.3 Å². The maximum Gasteiger partial charge on any atom is 0.416 e. The Morgan fingerprint density at radius 1 is 0.295 bits per heavy atom. The van der Waals surface area contributed by atoms with Crippen molar-refractivity contribution in [1.29, 1.82) is 0 Å². The van der Waals surface area contributed by atoms with E-state index >= 15 is 9.59 Å². The molecule has 0 aliphatic heterocycles. The lowest BCUT2D eigenvalue weighted by atomic mass is 9.81. The van der Waals surface area contributed by atoms with Gasteiger partial charge in [0.1, 0.15) is 11.5 Å². The number of carbonyl (C=O) groups is 8. The van der Waals surface area contributed by atoms with Gasteiger partial charge in [-0.1, -0.05) is 291 Å². The van der Waals surface area contributed by atoms with Crippen LogP contribution in [-0.4, -0.2) is 46.6 Å². The number of halogens is 3. The Kier molecular flexibility index (Phi) is 24.5. The molecule has 0 fully saturated rings. The fourth-order valence-corrected chi connectivity index (χ4v) is 21.1. The Labute approximate surface area is 779 Å². The highest BCUT2D eigenvalue weighted by Gasteiger charge is 2.42.